The van der Waals surface area contributed by atoms with Crippen LogP contribution < -0.4 is 4.74 Å². The van der Waals surface area contributed by atoms with Crippen LogP contribution in [0.15, 0.2) is 36.7 Å². The second-order valence-corrected chi connectivity index (χ2v) is 4.88. The minimum Gasteiger partial charge on any atom is -0.484 e. The van der Waals surface area contributed by atoms with Crippen molar-refractivity contribution in [2.75, 3.05) is 13.7 Å². The molecule has 0 aliphatic rings. The highest BCUT2D eigenvalue weighted by Crippen LogP contribution is 2.14. The molecular formula is C15H17F2N3O2. The van der Waals surface area contributed by atoms with Gasteiger partial charge in [-0.1, -0.05) is 12.1 Å². The molecule has 118 valence electrons. The minimum atomic E-state index is -2.68. The molecule has 0 atom stereocenters. The van der Waals surface area contributed by atoms with Crippen LogP contribution in [0.1, 0.15) is 17.9 Å². The molecule has 0 N–H and O–H groups in total. The smallest absolute Gasteiger partial charge is 0.319 e. The molecule has 1 heterocycles. The van der Waals surface area contributed by atoms with Crippen LogP contribution in [-0.2, 0) is 11.3 Å². The van der Waals surface area contributed by atoms with Crippen LogP contribution in [0.5, 0.6) is 5.75 Å². The number of ether oxygens (including phenoxy) is 1. The van der Waals surface area contributed by atoms with Gasteiger partial charge in [-0.3, -0.25) is 9.36 Å². The summed E-state index contributed by atoms with van der Waals surface area (Å²) < 4.78 is 31.6. The van der Waals surface area contributed by atoms with E-state index in [-0.39, 0.29) is 24.9 Å². The van der Waals surface area contributed by atoms with Gasteiger partial charge in [0.1, 0.15) is 11.6 Å². The molecular weight excluding hydrogens is 292 g/mol. The summed E-state index contributed by atoms with van der Waals surface area (Å²) in [4.78, 5) is 17.1. The van der Waals surface area contributed by atoms with Crippen LogP contribution in [-0.4, -0.2) is 34.0 Å². The van der Waals surface area contributed by atoms with E-state index in [1.807, 2.05) is 25.1 Å². The molecule has 2 aromatic rings. The molecule has 22 heavy (non-hydrogen) atoms. The lowest BCUT2D eigenvalue weighted by atomic mass is 10.2. The zero-order valence-electron chi connectivity index (χ0n) is 12.4. The highest BCUT2D eigenvalue weighted by Gasteiger charge is 2.16. The van der Waals surface area contributed by atoms with Crippen LogP contribution in [0.25, 0.3) is 0 Å². The number of carbonyl (C=O) groups is 1. The van der Waals surface area contributed by atoms with Gasteiger partial charge in [0.2, 0.25) is 0 Å². The Morgan fingerprint density at radius 3 is 2.91 bits per heavy atom. The molecule has 0 unspecified atom stereocenters. The summed E-state index contributed by atoms with van der Waals surface area (Å²) in [6.45, 7) is -0.919. The molecule has 5 nitrogen and oxygen atoms in total. The number of hydrogen-bond acceptors (Lipinski definition) is 3. The standard InChI is InChI=1S/C15H17F2N3O2/c1-11-4-3-5-12(8-11)22-10-14(21)19(2)9-13-18-6-7-20(13)15(16)17/h3-8,15H,9-10H2,1-2H3. The molecule has 1 aromatic carbocycles. The molecule has 0 bridgehead atoms. The van der Waals surface area contributed by atoms with Gasteiger partial charge in [-0.05, 0) is 24.6 Å². The van der Waals surface area contributed by atoms with Crippen LogP contribution in [0.2, 0.25) is 0 Å². The average molecular weight is 309 g/mol. The van der Waals surface area contributed by atoms with Crippen molar-refractivity contribution >= 4 is 5.91 Å². The molecule has 2 rings (SSSR count). The van der Waals surface area contributed by atoms with Gasteiger partial charge in [0, 0.05) is 19.4 Å². The van der Waals surface area contributed by atoms with Gasteiger partial charge in [-0.15, -0.1) is 0 Å². The first-order valence-electron chi connectivity index (χ1n) is 6.70. The maximum Gasteiger partial charge on any atom is 0.319 e. The fraction of sp³-hybridized carbons (Fsp3) is 0.333. The first-order chi connectivity index (χ1) is 10.5. The normalized spacial score (nSPS) is 10.8. The summed E-state index contributed by atoms with van der Waals surface area (Å²) in [5, 5.41) is 0. The maximum atomic E-state index is 12.7. The predicted octanol–water partition coefficient (Wildman–Crippen LogP) is 2.62. The zero-order chi connectivity index (χ0) is 16.1. The minimum absolute atomic E-state index is 0.00660. The van der Waals surface area contributed by atoms with Crippen molar-refractivity contribution in [3.8, 4) is 5.75 Å². The van der Waals surface area contributed by atoms with E-state index in [0.717, 1.165) is 10.1 Å². The van der Waals surface area contributed by atoms with Gasteiger partial charge in [0.15, 0.2) is 6.61 Å². The molecule has 1 aromatic heterocycles. The summed E-state index contributed by atoms with van der Waals surface area (Å²) in [6.07, 6.45) is 2.46. The van der Waals surface area contributed by atoms with Crippen molar-refractivity contribution in [3.05, 3.63) is 48.0 Å². The van der Waals surface area contributed by atoms with Crippen molar-refractivity contribution in [3.63, 3.8) is 0 Å². The van der Waals surface area contributed by atoms with Crippen LogP contribution >= 0.6 is 0 Å². The van der Waals surface area contributed by atoms with Crippen LogP contribution in [0.3, 0.4) is 0 Å². The Morgan fingerprint density at radius 1 is 1.45 bits per heavy atom. The molecule has 0 spiro atoms. The van der Waals surface area contributed by atoms with E-state index in [1.54, 1.807) is 6.07 Å². The van der Waals surface area contributed by atoms with Gasteiger partial charge >= 0.3 is 6.55 Å². The lowest BCUT2D eigenvalue weighted by molar-refractivity contribution is -0.132. The van der Waals surface area contributed by atoms with Gasteiger partial charge in [0.25, 0.3) is 5.91 Å². The largest absolute Gasteiger partial charge is 0.484 e. The molecule has 0 radical (unpaired) electrons. The van der Waals surface area contributed by atoms with Gasteiger partial charge < -0.3 is 9.64 Å². The maximum absolute atomic E-state index is 12.7. The fourth-order valence-corrected chi connectivity index (χ4v) is 1.90. The number of carbonyl (C=O) groups excluding carboxylic acids is 1. The third-order valence-electron chi connectivity index (χ3n) is 3.12. The van der Waals surface area contributed by atoms with Gasteiger partial charge in [-0.2, -0.15) is 8.78 Å². The Bertz CT molecular complexity index is 643. The Hall–Kier alpha value is -2.44. The zero-order valence-corrected chi connectivity index (χ0v) is 12.4. The number of imidazole rings is 1. The molecule has 0 saturated heterocycles. The van der Waals surface area contributed by atoms with E-state index in [2.05, 4.69) is 4.98 Å². The first kappa shape index (κ1) is 15.9. The number of amides is 1. The topological polar surface area (TPSA) is 47.4 Å². The summed E-state index contributed by atoms with van der Waals surface area (Å²) in [7, 11) is 1.52. The molecule has 0 saturated carbocycles. The lowest BCUT2D eigenvalue weighted by Gasteiger charge is -2.18. The van der Waals surface area contributed by atoms with Gasteiger partial charge in [-0.25, -0.2) is 4.98 Å². The Balaban J connectivity index is 1.91. The van der Waals surface area contributed by atoms with Crippen LogP contribution in [0, 0.1) is 6.92 Å². The summed E-state index contributed by atoms with van der Waals surface area (Å²) in [5.41, 5.74) is 1.03. The van der Waals surface area contributed by atoms with E-state index < -0.39 is 6.55 Å². The lowest BCUT2D eigenvalue weighted by Crippen LogP contribution is -2.32. The predicted molar refractivity (Wildman–Crippen MR) is 76.6 cm³/mol. The monoisotopic (exact) mass is 309 g/mol. The number of halogens is 2. The molecule has 0 fully saturated rings. The van der Waals surface area contributed by atoms with Crippen molar-refractivity contribution in [2.24, 2.45) is 0 Å². The number of rotatable bonds is 6. The molecule has 1 amide bonds. The van der Waals surface area contributed by atoms with E-state index in [1.165, 1.54) is 24.3 Å². The number of likely N-dealkylation sites (N-methyl/N-ethyl adjacent to an activating group) is 1. The van der Waals surface area contributed by atoms with Crippen molar-refractivity contribution < 1.29 is 18.3 Å². The summed E-state index contributed by atoms with van der Waals surface area (Å²) >= 11 is 0. The van der Waals surface area contributed by atoms with Crippen molar-refractivity contribution in [1.29, 1.82) is 0 Å². The third-order valence-corrected chi connectivity index (χ3v) is 3.12. The second-order valence-electron chi connectivity index (χ2n) is 4.88. The van der Waals surface area contributed by atoms with E-state index >= 15 is 0 Å². The molecule has 7 heteroatoms. The Kier molecular flexibility index (Phi) is 5.08. The third kappa shape index (κ3) is 4.03. The number of nitrogens with zero attached hydrogens (tertiary/aromatic N) is 3. The number of benzene rings is 1. The highest BCUT2D eigenvalue weighted by molar-refractivity contribution is 5.77. The summed E-state index contributed by atoms with van der Waals surface area (Å²) in [5.74, 6) is 0.405. The summed E-state index contributed by atoms with van der Waals surface area (Å²) in [6, 6.07) is 7.32. The highest BCUT2D eigenvalue weighted by atomic mass is 19.3. The Labute approximate surface area is 127 Å². The number of aromatic nitrogens is 2. The second kappa shape index (κ2) is 7.02. The van der Waals surface area contributed by atoms with Gasteiger partial charge in [0.05, 0.1) is 6.54 Å². The fourth-order valence-electron chi connectivity index (χ4n) is 1.90. The van der Waals surface area contributed by atoms with E-state index in [4.69, 9.17) is 4.74 Å². The van der Waals surface area contributed by atoms with E-state index in [0.29, 0.717) is 5.75 Å². The number of aryl methyl sites for hydroxylation is 1. The molecule has 0 aliphatic carbocycles. The van der Waals surface area contributed by atoms with Crippen molar-refractivity contribution in [1.82, 2.24) is 14.5 Å². The quantitative estimate of drug-likeness (QED) is 0.824. The first-order valence-corrected chi connectivity index (χ1v) is 6.70. The Morgan fingerprint density at radius 2 is 2.23 bits per heavy atom. The average Bonchev–Trinajstić information content (AvgIpc) is 2.93. The van der Waals surface area contributed by atoms with Crippen molar-refractivity contribution in [2.45, 2.75) is 20.0 Å². The van der Waals surface area contributed by atoms with Crippen LogP contribution in [0.4, 0.5) is 8.78 Å². The molecule has 0 aliphatic heterocycles. The number of hydrogen-bond donors (Lipinski definition) is 0. The van der Waals surface area contributed by atoms with E-state index in [9.17, 15) is 13.6 Å². The SMILES string of the molecule is Cc1cccc(OCC(=O)N(C)Cc2nccn2C(F)F)c1. The number of alkyl halides is 2.